The molecular weight excluding hydrogens is 446 g/mol. The first-order valence-electron chi connectivity index (χ1n) is 12.4. The highest BCUT2D eigenvalue weighted by atomic mass is 16.1. The zero-order valence-corrected chi connectivity index (χ0v) is 20.4. The Morgan fingerprint density at radius 2 is 1.83 bits per heavy atom. The quantitative estimate of drug-likeness (QED) is 0.461. The van der Waals surface area contributed by atoms with E-state index in [1.54, 1.807) is 18.3 Å². The Kier molecular flexibility index (Phi) is 6.85. The maximum absolute atomic E-state index is 13.3. The lowest BCUT2D eigenvalue weighted by molar-refractivity contribution is 0.331. The molecule has 3 aromatic rings. The number of hydrogen-bond donors (Lipinski definition) is 1. The average molecular weight is 478 g/mol. The van der Waals surface area contributed by atoms with Gasteiger partial charge in [-0.1, -0.05) is 49.6 Å². The number of piperazine rings is 1. The van der Waals surface area contributed by atoms with Gasteiger partial charge >= 0.3 is 0 Å². The minimum atomic E-state index is -0.0454. The Morgan fingerprint density at radius 1 is 1.03 bits per heavy atom. The minimum Gasteiger partial charge on any atom is -0.368 e. The second-order valence-electron chi connectivity index (χ2n) is 8.89. The maximum Gasteiger partial charge on any atom is 0.193 e. The van der Waals surface area contributed by atoms with Crippen LogP contribution in [0.5, 0.6) is 0 Å². The van der Waals surface area contributed by atoms with Crippen LogP contribution in [0.4, 0.5) is 11.5 Å². The van der Waals surface area contributed by atoms with E-state index in [2.05, 4.69) is 68.2 Å². The summed E-state index contributed by atoms with van der Waals surface area (Å²) < 4.78 is 2.15. The van der Waals surface area contributed by atoms with Gasteiger partial charge in [-0.25, -0.2) is 0 Å². The third kappa shape index (κ3) is 4.62. The number of fused-ring (bicyclic) bond motifs is 1. The van der Waals surface area contributed by atoms with Crippen molar-refractivity contribution in [1.82, 2.24) is 14.5 Å². The molecule has 0 unspecified atom stereocenters. The first-order valence-corrected chi connectivity index (χ1v) is 12.4. The van der Waals surface area contributed by atoms with Crippen molar-refractivity contribution in [3.05, 3.63) is 120 Å². The molecule has 1 N–H and O–H groups in total. The van der Waals surface area contributed by atoms with Gasteiger partial charge < -0.3 is 15.1 Å². The van der Waals surface area contributed by atoms with Crippen LogP contribution in [0.25, 0.3) is 16.6 Å². The lowest BCUT2D eigenvalue weighted by atomic mass is 10.1. The van der Waals surface area contributed by atoms with E-state index in [0.717, 1.165) is 73.1 Å². The Balaban J connectivity index is 1.63. The molecular formula is C30H31N5O. The summed E-state index contributed by atoms with van der Waals surface area (Å²) >= 11 is 0. The van der Waals surface area contributed by atoms with Crippen LogP contribution in [-0.2, 0) is 0 Å². The number of allylic oxidation sites excluding steroid dienone is 6. The van der Waals surface area contributed by atoms with E-state index in [9.17, 15) is 4.79 Å². The van der Waals surface area contributed by atoms with E-state index in [1.807, 2.05) is 36.5 Å². The zero-order valence-electron chi connectivity index (χ0n) is 20.4. The van der Waals surface area contributed by atoms with Gasteiger partial charge in [-0.05, 0) is 43.2 Å². The number of para-hydroxylation sites is 1. The molecule has 1 fully saturated rings. The molecule has 1 saturated heterocycles. The molecule has 2 aliphatic rings. The smallest absolute Gasteiger partial charge is 0.193 e. The van der Waals surface area contributed by atoms with E-state index in [1.165, 1.54) is 0 Å². The van der Waals surface area contributed by atoms with Crippen LogP contribution in [0.3, 0.4) is 0 Å². The van der Waals surface area contributed by atoms with E-state index < -0.39 is 0 Å². The van der Waals surface area contributed by atoms with Crippen LogP contribution in [0.2, 0.25) is 0 Å². The summed E-state index contributed by atoms with van der Waals surface area (Å²) in [5, 5.41) is 4.12. The fourth-order valence-electron chi connectivity index (χ4n) is 4.90. The van der Waals surface area contributed by atoms with Crippen molar-refractivity contribution >= 4 is 22.4 Å². The fourth-order valence-corrected chi connectivity index (χ4v) is 4.90. The second-order valence-corrected chi connectivity index (χ2v) is 8.89. The van der Waals surface area contributed by atoms with Gasteiger partial charge in [0.25, 0.3) is 0 Å². The molecule has 0 atom stereocenters. The molecule has 1 aliphatic heterocycles. The van der Waals surface area contributed by atoms with Gasteiger partial charge in [0.1, 0.15) is 5.82 Å². The van der Waals surface area contributed by atoms with E-state index in [0.29, 0.717) is 5.39 Å². The van der Waals surface area contributed by atoms with Gasteiger partial charge in [0.05, 0.1) is 22.8 Å². The number of hydrogen-bond acceptors (Lipinski definition) is 5. The van der Waals surface area contributed by atoms with E-state index in [-0.39, 0.29) is 5.43 Å². The molecule has 1 aliphatic carbocycles. The number of anilines is 2. The molecule has 2 aromatic heterocycles. The molecule has 0 spiro atoms. The Morgan fingerprint density at radius 3 is 2.53 bits per heavy atom. The summed E-state index contributed by atoms with van der Waals surface area (Å²) in [6.07, 6.45) is 17.6. The van der Waals surface area contributed by atoms with Crippen molar-refractivity contribution in [3.8, 4) is 5.69 Å². The molecule has 3 heterocycles. The zero-order chi connectivity index (χ0) is 24.9. The fraction of sp³-hybridized carbons (Fsp3) is 0.200. The normalized spacial score (nSPS) is 16.1. The number of aromatic nitrogens is 2. The minimum absolute atomic E-state index is 0.0454. The summed E-state index contributed by atoms with van der Waals surface area (Å²) in [7, 11) is 0. The van der Waals surface area contributed by atoms with Crippen molar-refractivity contribution in [2.24, 2.45) is 0 Å². The number of nitrogens with one attached hydrogen (secondary N) is 1. The number of pyridine rings is 2. The van der Waals surface area contributed by atoms with Crippen molar-refractivity contribution in [3.63, 3.8) is 0 Å². The highest BCUT2D eigenvalue weighted by Crippen LogP contribution is 2.31. The molecule has 0 bridgehead atoms. The Hall–Kier alpha value is -4.32. The van der Waals surface area contributed by atoms with Gasteiger partial charge in [-0.2, -0.15) is 0 Å². The average Bonchev–Trinajstić information content (AvgIpc) is 2.93. The van der Waals surface area contributed by atoms with Crippen molar-refractivity contribution in [2.45, 2.75) is 12.8 Å². The predicted molar refractivity (Wildman–Crippen MR) is 150 cm³/mol. The summed E-state index contributed by atoms with van der Waals surface area (Å²) in [5.74, 6) is 0.741. The van der Waals surface area contributed by atoms with E-state index >= 15 is 0 Å². The SMILES string of the molecule is C=C/C=C(\C=C)N1CCN(c2cncc3c(=O)cc(NC4=CCCC=C4)n(-c4ccccc4)c23)CC1. The van der Waals surface area contributed by atoms with Gasteiger partial charge in [0.15, 0.2) is 5.43 Å². The van der Waals surface area contributed by atoms with Crippen LogP contribution in [0.15, 0.2) is 115 Å². The van der Waals surface area contributed by atoms with Crippen LogP contribution < -0.4 is 15.6 Å². The van der Waals surface area contributed by atoms with Crippen LogP contribution in [0, 0.1) is 0 Å². The number of nitrogens with zero attached hydrogens (tertiary/aromatic N) is 4. The summed E-state index contributed by atoms with van der Waals surface area (Å²) in [5.41, 5.74) is 4.83. The van der Waals surface area contributed by atoms with Crippen LogP contribution in [-0.4, -0.2) is 40.6 Å². The molecule has 0 amide bonds. The van der Waals surface area contributed by atoms with Gasteiger partial charge in [0, 0.05) is 55.5 Å². The van der Waals surface area contributed by atoms with Gasteiger partial charge in [-0.3, -0.25) is 14.3 Å². The lowest BCUT2D eigenvalue weighted by Crippen LogP contribution is -2.45. The first-order chi connectivity index (χ1) is 17.7. The first kappa shape index (κ1) is 23.4. The molecule has 36 heavy (non-hydrogen) atoms. The summed E-state index contributed by atoms with van der Waals surface area (Å²) in [6.45, 7) is 11.1. The maximum atomic E-state index is 13.3. The highest BCUT2D eigenvalue weighted by molar-refractivity contribution is 5.93. The molecule has 0 saturated carbocycles. The predicted octanol–water partition coefficient (Wildman–Crippen LogP) is 5.41. The van der Waals surface area contributed by atoms with Gasteiger partial charge in [0.2, 0.25) is 0 Å². The second kappa shape index (κ2) is 10.5. The molecule has 6 heteroatoms. The molecule has 1 aromatic carbocycles. The summed E-state index contributed by atoms with van der Waals surface area (Å²) in [6, 6.07) is 11.9. The molecule has 0 radical (unpaired) electrons. The molecule has 5 rings (SSSR count). The monoisotopic (exact) mass is 477 g/mol. The molecule has 182 valence electrons. The third-order valence-corrected chi connectivity index (χ3v) is 6.66. The standard InChI is InChI=1S/C30H31N5O/c1-3-11-24(4-2)33-16-18-34(19-17-33)27-22-31-21-26-28(36)20-29(32-23-12-7-5-8-13-23)35(30(26)27)25-14-9-6-10-15-25/h3-4,6-7,9-15,20-22,32H,1-2,5,8,16-19H2/b24-11+. The number of rotatable bonds is 7. The van der Waals surface area contributed by atoms with E-state index in [4.69, 9.17) is 0 Å². The lowest BCUT2D eigenvalue weighted by Gasteiger charge is -2.38. The van der Waals surface area contributed by atoms with Crippen LogP contribution in [0.1, 0.15) is 12.8 Å². The van der Waals surface area contributed by atoms with Crippen molar-refractivity contribution in [1.29, 1.82) is 0 Å². The topological polar surface area (TPSA) is 53.4 Å². The Labute approximate surface area is 211 Å². The Bertz CT molecular complexity index is 1420. The highest BCUT2D eigenvalue weighted by Gasteiger charge is 2.23. The third-order valence-electron chi connectivity index (χ3n) is 6.66. The van der Waals surface area contributed by atoms with Crippen LogP contribution >= 0.6 is 0 Å². The van der Waals surface area contributed by atoms with Crippen molar-refractivity contribution in [2.75, 3.05) is 36.4 Å². The van der Waals surface area contributed by atoms with Crippen molar-refractivity contribution < 1.29 is 0 Å². The summed E-state index contributed by atoms with van der Waals surface area (Å²) in [4.78, 5) is 22.4. The molecule has 6 nitrogen and oxygen atoms in total. The van der Waals surface area contributed by atoms with Gasteiger partial charge in [-0.15, -0.1) is 0 Å². The number of benzene rings is 1. The largest absolute Gasteiger partial charge is 0.368 e.